The molecule has 0 aromatic heterocycles. The van der Waals surface area contributed by atoms with Gasteiger partial charge in [-0.25, -0.2) is 0 Å². The lowest BCUT2D eigenvalue weighted by Gasteiger charge is -2.16. The molecule has 0 bridgehead atoms. The van der Waals surface area contributed by atoms with Gasteiger partial charge in [0.1, 0.15) is 5.69 Å². The van der Waals surface area contributed by atoms with Crippen LogP contribution in [-0.4, -0.2) is 45.2 Å². The molecule has 178 valence electrons. The normalized spacial score (nSPS) is 11.7. The van der Waals surface area contributed by atoms with Crippen LogP contribution in [0.3, 0.4) is 0 Å². The quantitative estimate of drug-likeness (QED) is 0.324. The predicted octanol–water partition coefficient (Wildman–Crippen LogP) is 5.49. The zero-order valence-corrected chi connectivity index (χ0v) is 20.4. The minimum Gasteiger partial charge on any atom is -0.493 e. The van der Waals surface area contributed by atoms with Crippen molar-refractivity contribution >= 4 is 46.3 Å². The molecular weight excluding hydrogens is 473 g/mol. The van der Waals surface area contributed by atoms with Crippen LogP contribution in [0.5, 0.6) is 23.0 Å². The van der Waals surface area contributed by atoms with Gasteiger partial charge in [0.15, 0.2) is 34.5 Å². The Bertz CT molecular complexity index is 1020. The molecule has 0 radical (unpaired) electrons. The topological polar surface area (TPSA) is 108 Å². The molecule has 1 N–H and O–H groups in total. The van der Waals surface area contributed by atoms with Crippen LogP contribution in [0.15, 0.2) is 34.5 Å². The molecule has 1 unspecified atom stereocenters. The van der Waals surface area contributed by atoms with E-state index in [9.17, 15) is 9.59 Å². The molecule has 0 saturated carbocycles. The van der Waals surface area contributed by atoms with E-state index in [0.29, 0.717) is 35.5 Å². The molecule has 0 spiro atoms. The fourth-order valence-electron chi connectivity index (χ4n) is 2.82. The number of nitrogens with zero attached hydrogens (tertiary/aromatic N) is 2. The fourth-order valence-corrected chi connectivity index (χ4v) is 3.22. The third kappa shape index (κ3) is 6.49. The third-order valence-corrected chi connectivity index (χ3v) is 4.79. The molecular formula is C22H25Cl2N3O6. The summed E-state index contributed by atoms with van der Waals surface area (Å²) in [5, 5.41) is 11.2. The molecule has 0 aliphatic rings. The number of carbonyl (C=O) groups excluding carboxylic acids is 2. The van der Waals surface area contributed by atoms with Gasteiger partial charge < -0.3 is 24.3 Å². The first-order chi connectivity index (χ1) is 15.8. The van der Waals surface area contributed by atoms with Crippen LogP contribution in [0.2, 0.25) is 10.0 Å². The van der Waals surface area contributed by atoms with Gasteiger partial charge in [0.2, 0.25) is 6.04 Å². The summed E-state index contributed by atoms with van der Waals surface area (Å²) in [6.07, 6.45) is 0. The first kappa shape index (κ1) is 26.2. The van der Waals surface area contributed by atoms with Crippen LogP contribution in [0.4, 0.5) is 11.4 Å². The average Bonchev–Trinajstić information content (AvgIpc) is 2.76. The number of azo groups is 1. The lowest BCUT2D eigenvalue weighted by Crippen LogP contribution is -2.32. The van der Waals surface area contributed by atoms with Crippen molar-refractivity contribution in [1.82, 2.24) is 0 Å². The van der Waals surface area contributed by atoms with Crippen molar-refractivity contribution < 1.29 is 28.5 Å². The van der Waals surface area contributed by atoms with Crippen molar-refractivity contribution in [3.8, 4) is 23.0 Å². The van der Waals surface area contributed by atoms with Gasteiger partial charge in [-0.3, -0.25) is 9.59 Å². The number of amides is 1. The first-order valence-corrected chi connectivity index (χ1v) is 10.7. The van der Waals surface area contributed by atoms with Crippen molar-refractivity contribution in [3.05, 3.63) is 34.3 Å². The van der Waals surface area contributed by atoms with Crippen molar-refractivity contribution in [3.63, 3.8) is 0 Å². The number of rotatable bonds is 11. The number of ketones is 1. The van der Waals surface area contributed by atoms with Crippen molar-refractivity contribution in [2.45, 2.75) is 26.8 Å². The first-order valence-electron chi connectivity index (χ1n) is 9.99. The Balaban J connectivity index is 2.44. The van der Waals surface area contributed by atoms with E-state index >= 15 is 0 Å². The Morgan fingerprint density at radius 3 is 2.09 bits per heavy atom. The lowest BCUT2D eigenvalue weighted by atomic mass is 10.2. The lowest BCUT2D eigenvalue weighted by molar-refractivity contribution is -0.126. The molecule has 11 heteroatoms. The summed E-state index contributed by atoms with van der Waals surface area (Å²) in [7, 11) is 2.85. The number of carbonyl (C=O) groups is 2. The molecule has 9 nitrogen and oxygen atoms in total. The van der Waals surface area contributed by atoms with E-state index in [1.54, 1.807) is 32.0 Å². The summed E-state index contributed by atoms with van der Waals surface area (Å²) < 4.78 is 21.7. The van der Waals surface area contributed by atoms with Gasteiger partial charge >= 0.3 is 0 Å². The molecule has 2 aromatic rings. The maximum Gasteiger partial charge on any atom is 0.258 e. The van der Waals surface area contributed by atoms with Crippen molar-refractivity contribution in [2.24, 2.45) is 10.2 Å². The number of benzene rings is 2. The number of hydrogen-bond donors (Lipinski definition) is 1. The Hall–Kier alpha value is -3.04. The highest BCUT2D eigenvalue weighted by molar-refractivity contribution is 6.34. The predicted molar refractivity (Wildman–Crippen MR) is 126 cm³/mol. The maximum absolute atomic E-state index is 12.9. The molecule has 2 aromatic carbocycles. The summed E-state index contributed by atoms with van der Waals surface area (Å²) in [6, 6.07) is 4.73. The number of methoxy groups -OCH3 is 2. The molecule has 0 fully saturated rings. The van der Waals surface area contributed by atoms with E-state index in [1.165, 1.54) is 27.2 Å². The highest BCUT2D eigenvalue weighted by atomic mass is 35.5. The molecule has 0 heterocycles. The summed E-state index contributed by atoms with van der Waals surface area (Å²) in [5.41, 5.74) is 0.348. The second-order valence-electron chi connectivity index (χ2n) is 6.49. The number of anilines is 1. The van der Waals surface area contributed by atoms with Gasteiger partial charge in [-0.1, -0.05) is 23.2 Å². The van der Waals surface area contributed by atoms with E-state index in [1.807, 2.05) is 0 Å². The van der Waals surface area contributed by atoms with Gasteiger partial charge in [-0.15, -0.1) is 5.11 Å². The SMILES string of the molecule is CCOc1cc(Cl)cc(OCC)c1N=NC(C(C)=O)C(=O)Nc1c(Cl)ccc(OC)c1OC. The molecule has 1 atom stereocenters. The summed E-state index contributed by atoms with van der Waals surface area (Å²) >= 11 is 12.4. The van der Waals surface area contributed by atoms with Crippen LogP contribution >= 0.6 is 23.2 Å². The zero-order valence-electron chi connectivity index (χ0n) is 18.9. The fraction of sp³-hybridized carbons (Fsp3) is 0.364. The van der Waals surface area contributed by atoms with Crippen LogP contribution < -0.4 is 24.3 Å². The van der Waals surface area contributed by atoms with Gasteiger partial charge in [0.05, 0.1) is 32.5 Å². The minimum absolute atomic E-state index is 0.140. The van der Waals surface area contributed by atoms with Crippen LogP contribution in [0.25, 0.3) is 0 Å². The van der Waals surface area contributed by atoms with Gasteiger partial charge in [0, 0.05) is 17.2 Å². The van der Waals surface area contributed by atoms with Crippen molar-refractivity contribution in [2.75, 3.05) is 32.8 Å². The Morgan fingerprint density at radius 2 is 1.61 bits per heavy atom. The van der Waals surface area contributed by atoms with Crippen molar-refractivity contribution in [1.29, 1.82) is 0 Å². The Labute approximate surface area is 202 Å². The molecule has 0 saturated heterocycles. The number of nitrogens with one attached hydrogen (secondary N) is 1. The van der Waals surface area contributed by atoms with Crippen LogP contribution in [0.1, 0.15) is 20.8 Å². The number of ether oxygens (including phenoxy) is 4. The molecule has 0 aliphatic heterocycles. The van der Waals surface area contributed by atoms with Gasteiger partial charge in [0.25, 0.3) is 5.91 Å². The molecule has 2 rings (SSSR count). The summed E-state index contributed by atoms with van der Waals surface area (Å²) in [6.45, 7) is 5.47. The van der Waals surface area contributed by atoms with Gasteiger partial charge in [-0.2, -0.15) is 5.11 Å². The average molecular weight is 498 g/mol. The van der Waals surface area contributed by atoms with Crippen LogP contribution in [0, 0.1) is 0 Å². The Morgan fingerprint density at radius 1 is 1.00 bits per heavy atom. The van der Waals surface area contributed by atoms with E-state index in [-0.39, 0.29) is 22.1 Å². The molecule has 33 heavy (non-hydrogen) atoms. The highest BCUT2D eigenvalue weighted by Crippen LogP contribution is 2.42. The van der Waals surface area contributed by atoms with E-state index in [2.05, 4.69) is 15.5 Å². The summed E-state index contributed by atoms with van der Waals surface area (Å²) in [5.74, 6) is -0.145. The second-order valence-corrected chi connectivity index (χ2v) is 7.34. The zero-order chi connectivity index (χ0) is 24.5. The monoisotopic (exact) mass is 497 g/mol. The standard InChI is InChI=1S/C22H25Cl2N3O6/c1-6-32-16-10-13(23)11-17(33-7-2)20(16)27-26-18(12(3)28)22(29)25-19-14(24)8-9-15(30-4)21(19)31-5/h8-11,18H,6-7H2,1-5H3,(H,25,29). The van der Waals surface area contributed by atoms with Gasteiger partial charge in [-0.05, 0) is 32.9 Å². The van der Waals surface area contributed by atoms with E-state index < -0.39 is 17.7 Å². The maximum atomic E-state index is 12.9. The van der Waals surface area contributed by atoms with E-state index in [4.69, 9.17) is 42.1 Å². The van der Waals surface area contributed by atoms with E-state index in [0.717, 1.165) is 0 Å². The largest absolute Gasteiger partial charge is 0.493 e. The number of Topliss-reactive ketones (excluding diaryl/α,β-unsaturated/α-hetero) is 1. The Kier molecular flexibility index (Phi) is 9.74. The van der Waals surface area contributed by atoms with Crippen LogP contribution in [-0.2, 0) is 9.59 Å². The smallest absolute Gasteiger partial charge is 0.258 e. The second kappa shape index (κ2) is 12.3. The minimum atomic E-state index is -1.48. The number of halogens is 2. The third-order valence-electron chi connectivity index (χ3n) is 4.25. The number of hydrogen-bond acceptors (Lipinski definition) is 8. The summed E-state index contributed by atoms with van der Waals surface area (Å²) in [4.78, 5) is 25.2. The highest BCUT2D eigenvalue weighted by Gasteiger charge is 2.27. The molecule has 0 aliphatic carbocycles. The molecule has 1 amide bonds.